The summed E-state index contributed by atoms with van der Waals surface area (Å²) in [6, 6.07) is 11.0. The van der Waals surface area contributed by atoms with Gasteiger partial charge in [0, 0.05) is 10.9 Å². The fourth-order valence-corrected chi connectivity index (χ4v) is 4.34. The second-order valence-corrected chi connectivity index (χ2v) is 7.00. The molecule has 6 heteroatoms. The van der Waals surface area contributed by atoms with Gasteiger partial charge in [-0.15, -0.1) is 0 Å². The number of benzene rings is 2. The third-order valence-corrected chi connectivity index (χ3v) is 5.51. The first kappa shape index (κ1) is 16.9. The smallest absolute Gasteiger partial charge is 0.296 e. The van der Waals surface area contributed by atoms with E-state index >= 15 is 0 Å². The first-order chi connectivity index (χ1) is 12.6. The van der Waals surface area contributed by atoms with Gasteiger partial charge in [-0.3, -0.25) is 10.1 Å². The van der Waals surface area contributed by atoms with Crippen molar-refractivity contribution < 1.29 is 9.66 Å². The minimum absolute atomic E-state index is 0.0433. The fraction of sp³-hybridized carbons (Fsp3) is 0.300. The highest BCUT2D eigenvalue weighted by molar-refractivity contribution is 6.31. The molecular formula is C20H19ClN2O3. The molecule has 1 aliphatic carbocycles. The summed E-state index contributed by atoms with van der Waals surface area (Å²) in [5, 5.41) is 15.8. The van der Waals surface area contributed by atoms with Gasteiger partial charge in [-0.25, -0.2) is 0 Å². The van der Waals surface area contributed by atoms with Crippen molar-refractivity contribution in [3.8, 4) is 5.75 Å². The summed E-state index contributed by atoms with van der Waals surface area (Å²) in [6.45, 7) is 2.34. The van der Waals surface area contributed by atoms with E-state index in [4.69, 9.17) is 16.3 Å². The molecule has 1 N–H and O–H groups in total. The Labute approximate surface area is 156 Å². The van der Waals surface area contributed by atoms with Crippen LogP contribution < -0.4 is 10.1 Å². The lowest BCUT2D eigenvalue weighted by atomic mass is 9.76. The van der Waals surface area contributed by atoms with Crippen LogP contribution in [0.2, 0.25) is 5.02 Å². The van der Waals surface area contributed by atoms with Crippen molar-refractivity contribution in [2.75, 3.05) is 11.9 Å². The largest absolute Gasteiger partial charge is 0.494 e. The monoisotopic (exact) mass is 370 g/mol. The van der Waals surface area contributed by atoms with Crippen molar-refractivity contribution in [3.63, 3.8) is 0 Å². The first-order valence-electron chi connectivity index (χ1n) is 8.73. The Balaban J connectivity index is 1.87. The zero-order chi connectivity index (χ0) is 18.3. The molecule has 3 atom stereocenters. The van der Waals surface area contributed by atoms with E-state index < -0.39 is 0 Å². The predicted octanol–water partition coefficient (Wildman–Crippen LogP) is 5.47. The Hall–Kier alpha value is -2.53. The van der Waals surface area contributed by atoms with E-state index in [9.17, 15) is 10.1 Å². The highest BCUT2D eigenvalue weighted by Crippen LogP contribution is 2.53. The third kappa shape index (κ3) is 2.72. The number of nitrogens with zero attached hydrogens (tertiary/aromatic N) is 1. The Kier molecular flexibility index (Phi) is 4.32. The molecule has 1 heterocycles. The summed E-state index contributed by atoms with van der Waals surface area (Å²) in [7, 11) is 0. The number of hydrogen-bond acceptors (Lipinski definition) is 4. The van der Waals surface area contributed by atoms with Crippen molar-refractivity contribution in [1.29, 1.82) is 0 Å². The number of rotatable bonds is 4. The molecule has 1 aliphatic heterocycles. The van der Waals surface area contributed by atoms with Crippen LogP contribution in [0.25, 0.3) is 0 Å². The van der Waals surface area contributed by atoms with Crippen LogP contribution in [0.3, 0.4) is 0 Å². The molecule has 0 unspecified atom stereocenters. The van der Waals surface area contributed by atoms with Gasteiger partial charge in [0.25, 0.3) is 5.69 Å². The lowest BCUT2D eigenvalue weighted by Crippen LogP contribution is -2.29. The summed E-state index contributed by atoms with van der Waals surface area (Å²) in [6.07, 6.45) is 5.20. The van der Waals surface area contributed by atoms with E-state index in [1.54, 1.807) is 0 Å². The van der Waals surface area contributed by atoms with E-state index in [2.05, 4.69) is 17.5 Å². The molecule has 0 amide bonds. The van der Waals surface area contributed by atoms with Crippen LogP contribution in [0.1, 0.15) is 36.4 Å². The standard InChI is InChI=1S/C20H19ClN2O3/c1-2-26-12-10-16-13-7-5-8-14(13)19(15-6-3-4-9-17(15)21)22-20(16)18(11-12)23(24)25/h3-7,9-11,13-14,19,22H,2,8H2,1H3/t13-,14+,19-/m0/s1. The minimum Gasteiger partial charge on any atom is -0.494 e. The molecule has 0 fully saturated rings. The second kappa shape index (κ2) is 6.65. The summed E-state index contributed by atoms with van der Waals surface area (Å²) in [4.78, 5) is 11.3. The highest BCUT2D eigenvalue weighted by Gasteiger charge is 2.41. The molecule has 26 heavy (non-hydrogen) atoms. The quantitative estimate of drug-likeness (QED) is 0.440. The molecule has 134 valence electrons. The zero-order valence-electron chi connectivity index (χ0n) is 14.3. The average Bonchev–Trinajstić information content (AvgIpc) is 3.11. The number of nitro benzene ring substituents is 1. The third-order valence-electron chi connectivity index (χ3n) is 5.17. The molecule has 0 saturated heterocycles. The topological polar surface area (TPSA) is 64.4 Å². The summed E-state index contributed by atoms with van der Waals surface area (Å²) in [5.41, 5.74) is 2.50. The van der Waals surface area contributed by atoms with Gasteiger partial charge < -0.3 is 10.1 Å². The van der Waals surface area contributed by atoms with Gasteiger partial charge in [0.05, 0.1) is 23.6 Å². The van der Waals surface area contributed by atoms with Crippen molar-refractivity contribution in [3.05, 3.63) is 74.8 Å². The second-order valence-electron chi connectivity index (χ2n) is 6.59. The van der Waals surface area contributed by atoms with Crippen LogP contribution in [0.15, 0.2) is 48.6 Å². The maximum atomic E-state index is 11.7. The molecule has 5 nitrogen and oxygen atoms in total. The van der Waals surface area contributed by atoms with E-state index in [0.29, 0.717) is 23.1 Å². The van der Waals surface area contributed by atoms with Gasteiger partial charge in [-0.2, -0.15) is 0 Å². The number of fused-ring (bicyclic) bond motifs is 3. The molecule has 0 bridgehead atoms. The molecular weight excluding hydrogens is 352 g/mol. The highest BCUT2D eigenvalue weighted by atomic mass is 35.5. The van der Waals surface area contributed by atoms with Crippen molar-refractivity contribution in [1.82, 2.24) is 0 Å². The van der Waals surface area contributed by atoms with Gasteiger partial charge in [0.15, 0.2) is 0 Å². The van der Waals surface area contributed by atoms with Crippen LogP contribution in [-0.2, 0) is 0 Å². The normalized spacial score (nSPS) is 23.1. The number of nitro groups is 1. The maximum absolute atomic E-state index is 11.7. The SMILES string of the molecule is CCOc1cc2c(c([N+](=O)[O-])c1)N[C@H](c1ccccc1Cl)[C@@H]1CC=C[C@H]21. The number of halogens is 1. The van der Waals surface area contributed by atoms with E-state index in [1.165, 1.54) is 6.07 Å². The molecule has 0 saturated carbocycles. The first-order valence-corrected chi connectivity index (χ1v) is 9.10. The fourth-order valence-electron chi connectivity index (χ4n) is 4.08. The van der Waals surface area contributed by atoms with Gasteiger partial charge in [-0.1, -0.05) is 42.0 Å². The molecule has 2 aliphatic rings. The molecule has 0 radical (unpaired) electrons. The van der Waals surface area contributed by atoms with E-state index in [-0.39, 0.29) is 28.5 Å². The zero-order valence-corrected chi connectivity index (χ0v) is 15.1. The molecule has 2 aromatic carbocycles. The molecule has 0 spiro atoms. The van der Waals surface area contributed by atoms with Crippen LogP contribution in [0, 0.1) is 16.0 Å². The summed E-state index contributed by atoms with van der Waals surface area (Å²) >= 11 is 6.43. The number of ether oxygens (including phenoxy) is 1. The summed E-state index contributed by atoms with van der Waals surface area (Å²) < 4.78 is 5.56. The van der Waals surface area contributed by atoms with E-state index in [0.717, 1.165) is 17.5 Å². The van der Waals surface area contributed by atoms with Crippen molar-refractivity contribution in [2.45, 2.75) is 25.3 Å². The van der Waals surface area contributed by atoms with Crippen LogP contribution in [0.5, 0.6) is 5.75 Å². The Morgan fingerprint density at radius 3 is 2.85 bits per heavy atom. The van der Waals surface area contributed by atoms with E-state index in [1.807, 2.05) is 37.3 Å². The van der Waals surface area contributed by atoms with Gasteiger partial charge >= 0.3 is 0 Å². The van der Waals surface area contributed by atoms with Crippen LogP contribution in [-0.4, -0.2) is 11.5 Å². The number of anilines is 1. The molecule has 2 aromatic rings. The molecule has 4 rings (SSSR count). The Bertz CT molecular complexity index is 897. The van der Waals surface area contributed by atoms with Crippen LogP contribution >= 0.6 is 11.6 Å². The lowest BCUT2D eigenvalue weighted by Gasteiger charge is -2.37. The predicted molar refractivity (Wildman–Crippen MR) is 102 cm³/mol. The van der Waals surface area contributed by atoms with Gasteiger partial charge in [0.1, 0.15) is 11.4 Å². The lowest BCUT2D eigenvalue weighted by molar-refractivity contribution is -0.384. The van der Waals surface area contributed by atoms with Crippen molar-refractivity contribution in [2.24, 2.45) is 5.92 Å². The van der Waals surface area contributed by atoms with Gasteiger partial charge in [0.2, 0.25) is 0 Å². The number of hydrogen-bond donors (Lipinski definition) is 1. The number of nitrogens with one attached hydrogen (secondary N) is 1. The Morgan fingerprint density at radius 2 is 2.12 bits per heavy atom. The number of allylic oxidation sites excluding steroid dienone is 2. The van der Waals surface area contributed by atoms with Crippen molar-refractivity contribution >= 4 is 23.0 Å². The molecule has 0 aromatic heterocycles. The van der Waals surface area contributed by atoms with Crippen LogP contribution in [0.4, 0.5) is 11.4 Å². The summed E-state index contributed by atoms with van der Waals surface area (Å²) in [5.74, 6) is 0.903. The Morgan fingerprint density at radius 1 is 1.31 bits per heavy atom. The maximum Gasteiger partial charge on any atom is 0.296 e. The average molecular weight is 371 g/mol. The van der Waals surface area contributed by atoms with Gasteiger partial charge in [-0.05, 0) is 42.5 Å². The minimum atomic E-state index is -0.350.